The standard InChI is InChI=1S/C10H11BrF2O3/c1-14-7-3-6(11)4-8(15-2)10(7)16-5-9(12)13/h3-4,9H,5H2,1-2H3. The molecule has 0 aliphatic carbocycles. The fourth-order valence-corrected chi connectivity index (χ4v) is 1.55. The first kappa shape index (κ1) is 13.0. The first-order valence-corrected chi connectivity index (χ1v) is 5.20. The molecule has 0 aliphatic rings. The van der Waals surface area contributed by atoms with Crippen molar-refractivity contribution >= 4 is 15.9 Å². The largest absolute Gasteiger partial charge is 0.493 e. The molecule has 0 N–H and O–H groups in total. The molecule has 1 aromatic rings. The smallest absolute Gasteiger partial charge is 0.272 e. The molecule has 1 rings (SSSR count). The molecule has 0 aliphatic heterocycles. The maximum Gasteiger partial charge on any atom is 0.272 e. The highest BCUT2D eigenvalue weighted by molar-refractivity contribution is 9.10. The molecule has 0 radical (unpaired) electrons. The molecule has 3 nitrogen and oxygen atoms in total. The van der Waals surface area contributed by atoms with Crippen LogP contribution in [0.1, 0.15) is 0 Å². The highest BCUT2D eigenvalue weighted by Crippen LogP contribution is 2.40. The van der Waals surface area contributed by atoms with E-state index in [1.165, 1.54) is 14.2 Å². The van der Waals surface area contributed by atoms with Crippen molar-refractivity contribution < 1.29 is 23.0 Å². The Labute approximate surface area is 100 Å². The first-order chi connectivity index (χ1) is 7.58. The Morgan fingerprint density at radius 3 is 2.06 bits per heavy atom. The van der Waals surface area contributed by atoms with Crippen LogP contribution < -0.4 is 14.2 Å². The van der Waals surface area contributed by atoms with Gasteiger partial charge in [-0.05, 0) is 12.1 Å². The number of benzene rings is 1. The van der Waals surface area contributed by atoms with E-state index >= 15 is 0 Å². The SMILES string of the molecule is COc1cc(Br)cc(OC)c1OCC(F)F. The van der Waals surface area contributed by atoms with Gasteiger partial charge in [0.05, 0.1) is 14.2 Å². The lowest BCUT2D eigenvalue weighted by Gasteiger charge is -2.14. The number of hydrogen-bond acceptors (Lipinski definition) is 3. The van der Waals surface area contributed by atoms with Crippen LogP contribution in [-0.2, 0) is 0 Å². The summed E-state index contributed by atoms with van der Waals surface area (Å²) >= 11 is 3.25. The minimum Gasteiger partial charge on any atom is -0.493 e. The van der Waals surface area contributed by atoms with Gasteiger partial charge in [0.2, 0.25) is 5.75 Å². The van der Waals surface area contributed by atoms with E-state index in [1.54, 1.807) is 12.1 Å². The lowest BCUT2D eigenvalue weighted by atomic mass is 10.3. The van der Waals surface area contributed by atoms with E-state index in [0.29, 0.717) is 16.0 Å². The minimum atomic E-state index is -2.54. The van der Waals surface area contributed by atoms with E-state index in [4.69, 9.17) is 14.2 Å². The van der Waals surface area contributed by atoms with Gasteiger partial charge in [0.25, 0.3) is 6.43 Å². The highest BCUT2D eigenvalue weighted by atomic mass is 79.9. The molecule has 0 fully saturated rings. The summed E-state index contributed by atoms with van der Waals surface area (Å²) < 4.78 is 39.8. The molecule has 90 valence electrons. The van der Waals surface area contributed by atoms with E-state index in [-0.39, 0.29) is 5.75 Å². The zero-order valence-corrected chi connectivity index (χ0v) is 10.4. The summed E-state index contributed by atoms with van der Waals surface area (Å²) in [6.07, 6.45) is -2.54. The Balaban J connectivity index is 3.02. The van der Waals surface area contributed by atoms with Crippen molar-refractivity contribution in [2.75, 3.05) is 20.8 Å². The third kappa shape index (κ3) is 3.23. The van der Waals surface area contributed by atoms with Crippen LogP contribution in [0.3, 0.4) is 0 Å². The van der Waals surface area contributed by atoms with Gasteiger partial charge in [0.15, 0.2) is 11.5 Å². The average Bonchev–Trinajstić information content (AvgIpc) is 2.25. The molecule has 0 atom stereocenters. The van der Waals surface area contributed by atoms with Crippen LogP contribution in [0.25, 0.3) is 0 Å². The zero-order chi connectivity index (χ0) is 12.1. The van der Waals surface area contributed by atoms with Crippen LogP contribution in [0.5, 0.6) is 17.2 Å². The third-order valence-corrected chi connectivity index (χ3v) is 2.24. The zero-order valence-electron chi connectivity index (χ0n) is 8.80. The molecule has 0 saturated heterocycles. The number of hydrogen-bond donors (Lipinski definition) is 0. The average molecular weight is 297 g/mol. The second kappa shape index (κ2) is 5.89. The Morgan fingerprint density at radius 1 is 1.19 bits per heavy atom. The number of ether oxygens (including phenoxy) is 3. The molecule has 6 heteroatoms. The van der Waals surface area contributed by atoms with E-state index in [2.05, 4.69) is 15.9 Å². The molecule has 1 aromatic carbocycles. The summed E-state index contributed by atoms with van der Waals surface area (Å²) in [5, 5.41) is 0. The van der Waals surface area contributed by atoms with Gasteiger partial charge in [-0.15, -0.1) is 0 Å². The van der Waals surface area contributed by atoms with E-state index in [9.17, 15) is 8.78 Å². The molecule has 0 bridgehead atoms. The van der Waals surface area contributed by atoms with Crippen molar-refractivity contribution in [1.82, 2.24) is 0 Å². The molecule has 0 unspecified atom stereocenters. The molecular formula is C10H11BrF2O3. The van der Waals surface area contributed by atoms with Gasteiger partial charge in [-0.2, -0.15) is 0 Å². The van der Waals surface area contributed by atoms with Crippen molar-refractivity contribution in [2.24, 2.45) is 0 Å². The second-order valence-corrected chi connectivity index (χ2v) is 3.76. The fourth-order valence-electron chi connectivity index (χ4n) is 1.14. The third-order valence-electron chi connectivity index (χ3n) is 1.78. The van der Waals surface area contributed by atoms with Crippen LogP contribution in [0.2, 0.25) is 0 Å². The van der Waals surface area contributed by atoms with Crippen LogP contribution in [0.4, 0.5) is 8.78 Å². The molecule has 16 heavy (non-hydrogen) atoms. The number of alkyl halides is 2. The number of methoxy groups -OCH3 is 2. The quantitative estimate of drug-likeness (QED) is 0.836. The summed E-state index contributed by atoms with van der Waals surface area (Å²) in [6.45, 7) is -0.700. The Hall–Kier alpha value is -1.04. The lowest BCUT2D eigenvalue weighted by Crippen LogP contribution is -2.08. The van der Waals surface area contributed by atoms with Crippen LogP contribution in [0.15, 0.2) is 16.6 Å². The Kier molecular flexibility index (Phi) is 4.79. The summed E-state index contributed by atoms with van der Waals surface area (Å²) in [7, 11) is 2.85. The minimum absolute atomic E-state index is 0.175. The van der Waals surface area contributed by atoms with Crippen molar-refractivity contribution in [1.29, 1.82) is 0 Å². The topological polar surface area (TPSA) is 27.7 Å². The van der Waals surface area contributed by atoms with Gasteiger partial charge in [-0.3, -0.25) is 0 Å². The summed E-state index contributed by atoms with van der Waals surface area (Å²) in [6, 6.07) is 3.23. The Bertz CT molecular complexity index is 333. The fraction of sp³-hybridized carbons (Fsp3) is 0.400. The van der Waals surface area contributed by atoms with Crippen molar-refractivity contribution in [3.63, 3.8) is 0 Å². The summed E-state index contributed by atoms with van der Waals surface area (Å²) in [5.74, 6) is 0.854. The normalized spacial score (nSPS) is 10.4. The molecule has 0 heterocycles. The molecule has 0 spiro atoms. The van der Waals surface area contributed by atoms with Gasteiger partial charge in [-0.1, -0.05) is 15.9 Å². The van der Waals surface area contributed by atoms with Gasteiger partial charge in [0.1, 0.15) is 6.61 Å². The Morgan fingerprint density at radius 2 is 1.69 bits per heavy atom. The predicted octanol–water partition coefficient (Wildman–Crippen LogP) is 3.11. The second-order valence-electron chi connectivity index (χ2n) is 2.84. The van der Waals surface area contributed by atoms with Gasteiger partial charge in [-0.25, -0.2) is 8.78 Å². The first-order valence-electron chi connectivity index (χ1n) is 4.41. The number of halogens is 3. The lowest BCUT2D eigenvalue weighted by molar-refractivity contribution is 0.0789. The van der Waals surface area contributed by atoms with Crippen LogP contribution >= 0.6 is 15.9 Å². The van der Waals surface area contributed by atoms with Crippen molar-refractivity contribution in [3.8, 4) is 17.2 Å². The van der Waals surface area contributed by atoms with E-state index in [1.807, 2.05) is 0 Å². The molecule has 0 saturated carbocycles. The summed E-state index contributed by atoms with van der Waals surface area (Å²) in [4.78, 5) is 0. The van der Waals surface area contributed by atoms with Crippen LogP contribution in [-0.4, -0.2) is 27.3 Å². The van der Waals surface area contributed by atoms with Crippen LogP contribution in [0, 0.1) is 0 Å². The summed E-state index contributed by atoms with van der Waals surface area (Å²) in [5.41, 5.74) is 0. The van der Waals surface area contributed by atoms with Crippen molar-refractivity contribution in [3.05, 3.63) is 16.6 Å². The monoisotopic (exact) mass is 296 g/mol. The maximum atomic E-state index is 12.1. The molecular weight excluding hydrogens is 286 g/mol. The van der Waals surface area contributed by atoms with Gasteiger partial charge < -0.3 is 14.2 Å². The van der Waals surface area contributed by atoms with E-state index in [0.717, 1.165) is 0 Å². The van der Waals surface area contributed by atoms with Gasteiger partial charge in [0, 0.05) is 4.47 Å². The predicted molar refractivity (Wildman–Crippen MR) is 58.7 cm³/mol. The van der Waals surface area contributed by atoms with E-state index < -0.39 is 13.0 Å². The highest BCUT2D eigenvalue weighted by Gasteiger charge is 2.15. The molecule has 0 amide bonds. The maximum absolute atomic E-state index is 12.1. The van der Waals surface area contributed by atoms with Gasteiger partial charge >= 0.3 is 0 Å². The number of rotatable bonds is 5. The molecule has 0 aromatic heterocycles. The van der Waals surface area contributed by atoms with Crippen molar-refractivity contribution in [2.45, 2.75) is 6.43 Å².